The molecule has 2 N–H and O–H groups in total. The number of aliphatic imine (C=N–C) groups is 1. The highest BCUT2D eigenvalue weighted by Gasteiger charge is 2.21. The van der Waals surface area contributed by atoms with Crippen molar-refractivity contribution in [1.29, 1.82) is 0 Å². The molecule has 6 nitrogen and oxygen atoms in total. The number of carbonyl (C=O) groups excluding carboxylic acids is 1. The molecule has 29 heavy (non-hydrogen) atoms. The molecule has 1 aliphatic heterocycles. The number of ether oxygens (including phenoxy) is 1. The van der Waals surface area contributed by atoms with E-state index in [2.05, 4.69) is 34.7 Å². The third-order valence-electron chi connectivity index (χ3n) is 4.97. The fourth-order valence-corrected chi connectivity index (χ4v) is 3.39. The fraction of sp³-hybridized carbons (Fsp3) is 0.391. The third-order valence-corrected chi connectivity index (χ3v) is 4.97. The summed E-state index contributed by atoms with van der Waals surface area (Å²) in [6.07, 6.45) is 1.59. The van der Waals surface area contributed by atoms with Crippen LogP contribution in [0.1, 0.15) is 36.5 Å². The summed E-state index contributed by atoms with van der Waals surface area (Å²) < 4.78 is 5.48. The number of aryl methyl sites for hydroxylation is 1. The van der Waals surface area contributed by atoms with Gasteiger partial charge >= 0.3 is 0 Å². The number of nitrogens with one attached hydrogen (secondary N) is 2. The van der Waals surface area contributed by atoms with E-state index in [0.29, 0.717) is 19.5 Å². The second-order valence-electron chi connectivity index (χ2n) is 7.18. The lowest BCUT2D eigenvalue weighted by Gasteiger charge is -2.16. The van der Waals surface area contributed by atoms with Gasteiger partial charge in [-0.25, -0.2) is 4.99 Å². The molecular formula is C23H30N4O2. The molecule has 0 unspecified atom stereocenters. The van der Waals surface area contributed by atoms with Crippen LogP contribution in [0, 0.1) is 6.92 Å². The van der Waals surface area contributed by atoms with Crippen molar-refractivity contribution in [2.75, 3.05) is 25.1 Å². The molecular weight excluding hydrogens is 364 g/mol. The molecule has 0 aliphatic carbocycles. The number of rotatable bonds is 7. The third kappa shape index (κ3) is 5.50. The second-order valence-corrected chi connectivity index (χ2v) is 7.18. The van der Waals surface area contributed by atoms with Crippen molar-refractivity contribution in [1.82, 2.24) is 10.6 Å². The first kappa shape index (κ1) is 20.7. The Morgan fingerprint density at radius 1 is 1.17 bits per heavy atom. The predicted molar refractivity (Wildman–Crippen MR) is 117 cm³/mol. The van der Waals surface area contributed by atoms with Gasteiger partial charge in [-0.1, -0.05) is 24.3 Å². The van der Waals surface area contributed by atoms with E-state index >= 15 is 0 Å². The van der Waals surface area contributed by atoms with Gasteiger partial charge < -0.3 is 20.3 Å². The minimum atomic E-state index is 0.209. The molecule has 1 aliphatic rings. The van der Waals surface area contributed by atoms with Crippen molar-refractivity contribution in [2.24, 2.45) is 4.99 Å². The number of guanidine groups is 1. The normalized spacial score (nSPS) is 14.2. The number of nitrogens with zero attached hydrogens (tertiary/aromatic N) is 2. The van der Waals surface area contributed by atoms with Crippen LogP contribution in [0.5, 0.6) is 5.75 Å². The van der Waals surface area contributed by atoms with E-state index in [9.17, 15) is 4.79 Å². The Hall–Kier alpha value is -3.02. The average Bonchev–Trinajstić information content (AvgIpc) is 3.17. The minimum Gasteiger partial charge on any atom is -0.496 e. The van der Waals surface area contributed by atoms with Crippen LogP contribution in [0.2, 0.25) is 0 Å². The van der Waals surface area contributed by atoms with Gasteiger partial charge in [-0.3, -0.25) is 4.79 Å². The molecule has 6 heteroatoms. The second kappa shape index (κ2) is 9.96. The van der Waals surface area contributed by atoms with Gasteiger partial charge in [-0.05, 0) is 49.6 Å². The average molecular weight is 395 g/mol. The van der Waals surface area contributed by atoms with Gasteiger partial charge in [0.05, 0.1) is 13.7 Å². The van der Waals surface area contributed by atoms with Crippen molar-refractivity contribution in [3.8, 4) is 5.75 Å². The lowest BCUT2D eigenvalue weighted by molar-refractivity contribution is -0.117. The number of hydrogen-bond acceptors (Lipinski definition) is 3. The standard InChI is InChI=1S/C23H30N4O2/c1-4-24-23(26-16-19-10-7-17(2)14-21(19)29-3)25-15-18-8-11-20(12-9-18)27-13-5-6-22(27)28/h7-12,14H,4-6,13,15-16H2,1-3H3,(H2,24,25,26). The van der Waals surface area contributed by atoms with E-state index in [1.165, 1.54) is 5.56 Å². The summed E-state index contributed by atoms with van der Waals surface area (Å²) in [6.45, 7) is 6.89. The summed E-state index contributed by atoms with van der Waals surface area (Å²) in [5.74, 6) is 1.84. The number of hydrogen-bond donors (Lipinski definition) is 2. The molecule has 1 heterocycles. The molecule has 2 aromatic rings. The Balaban J connectivity index is 1.62. The Morgan fingerprint density at radius 2 is 1.97 bits per heavy atom. The van der Waals surface area contributed by atoms with Crippen LogP contribution in [0.4, 0.5) is 5.69 Å². The van der Waals surface area contributed by atoms with E-state index < -0.39 is 0 Å². The molecule has 0 atom stereocenters. The van der Waals surface area contributed by atoms with Crippen LogP contribution in [0.3, 0.4) is 0 Å². The molecule has 0 aromatic heterocycles. The van der Waals surface area contributed by atoms with E-state index in [1.54, 1.807) is 7.11 Å². The number of amides is 1. The first-order valence-corrected chi connectivity index (χ1v) is 10.2. The summed E-state index contributed by atoms with van der Waals surface area (Å²) in [5, 5.41) is 6.65. The largest absolute Gasteiger partial charge is 0.496 e. The van der Waals surface area contributed by atoms with Gasteiger partial charge in [0.25, 0.3) is 0 Å². The van der Waals surface area contributed by atoms with Crippen molar-refractivity contribution in [2.45, 2.75) is 39.8 Å². The molecule has 1 fully saturated rings. The predicted octanol–water partition coefficient (Wildman–Crippen LogP) is 3.39. The zero-order valence-electron chi connectivity index (χ0n) is 17.5. The van der Waals surface area contributed by atoms with Crippen molar-refractivity contribution >= 4 is 17.6 Å². The van der Waals surface area contributed by atoms with Crippen LogP contribution < -0.4 is 20.3 Å². The van der Waals surface area contributed by atoms with Crippen LogP contribution in [0.15, 0.2) is 47.5 Å². The molecule has 0 spiro atoms. The van der Waals surface area contributed by atoms with Crippen molar-refractivity contribution < 1.29 is 9.53 Å². The zero-order chi connectivity index (χ0) is 20.6. The van der Waals surface area contributed by atoms with Gasteiger partial charge in [0.2, 0.25) is 5.91 Å². The SMILES string of the molecule is CCNC(=NCc1ccc(N2CCCC2=O)cc1)NCc1ccc(C)cc1OC. The maximum atomic E-state index is 11.9. The first-order chi connectivity index (χ1) is 14.1. The Morgan fingerprint density at radius 3 is 2.62 bits per heavy atom. The number of methoxy groups -OCH3 is 1. The summed E-state index contributed by atoms with van der Waals surface area (Å²) >= 11 is 0. The summed E-state index contributed by atoms with van der Waals surface area (Å²) in [6, 6.07) is 14.3. The van der Waals surface area contributed by atoms with Gasteiger partial charge in [-0.2, -0.15) is 0 Å². The highest BCUT2D eigenvalue weighted by Crippen LogP contribution is 2.22. The van der Waals surface area contributed by atoms with Gasteiger partial charge in [0.15, 0.2) is 5.96 Å². The maximum Gasteiger partial charge on any atom is 0.227 e. The molecule has 0 radical (unpaired) electrons. The van der Waals surface area contributed by atoms with Crippen LogP contribution in [-0.2, 0) is 17.9 Å². The topological polar surface area (TPSA) is 66.0 Å². The molecule has 154 valence electrons. The van der Waals surface area contributed by atoms with E-state index in [4.69, 9.17) is 4.74 Å². The molecule has 2 aromatic carbocycles. The monoisotopic (exact) mass is 394 g/mol. The summed E-state index contributed by atoms with van der Waals surface area (Å²) in [5.41, 5.74) is 4.33. The van der Waals surface area contributed by atoms with Gasteiger partial charge in [-0.15, -0.1) is 0 Å². The van der Waals surface area contributed by atoms with Gasteiger partial charge in [0, 0.05) is 37.3 Å². The Labute approximate surface area is 173 Å². The number of benzene rings is 2. The van der Waals surface area contributed by atoms with Crippen molar-refractivity contribution in [3.63, 3.8) is 0 Å². The lowest BCUT2D eigenvalue weighted by Crippen LogP contribution is -2.36. The van der Waals surface area contributed by atoms with Gasteiger partial charge in [0.1, 0.15) is 5.75 Å². The molecule has 3 rings (SSSR count). The Kier molecular flexibility index (Phi) is 7.11. The minimum absolute atomic E-state index is 0.209. The van der Waals surface area contributed by atoms with E-state index in [1.807, 2.05) is 42.2 Å². The highest BCUT2D eigenvalue weighted by atomic mass is 16.5. The molecule has 0 bridgehead atoms. The first-order valence-electron chi connectivity index (χ1n) is 10.2. The number of anilines is 1. The van der Waals surface area contributed by atoms with Crippen LogP contribution >= 0.6 is 0 Å². The summed E-state index contributed by atoms with van der Waals surface area (Å²) in [7, 11) is 1.69. The van der Waals surface area contributed by atoms with Crippen LogP contribution in [-0.4, -0.2) is 32.1 Å². The van der Waals surface area contributed by atoms with E-state index in [0.717, 1.165) is 48.0 Å². The Bertz CT molecular complexity index is 862. The quantitative estimate of drug-likeness (QED) is 0.558. The maximum absolute atomic E-state index is 11.9. The summed E-state index contributed by atoms with van der Waals surface area (Å²) in [4.78, 5) is 18.4. The number of carbonyl (C=O) groups is 1. The highest BCUT2D eigenvalue weighted by molar-refractivity contribution is 5.95. The van der Waals surface area contributed by atoms with E-state index in [-0.39, 0.29) is 5.91 Å². The molecule has 1 amide bonds. The van der Waals surface area contributed by atoms with Crippen molar-refractivity contribution in [3.05, 3.63) is 59.2 Å². The molecule has 1 saturated heterocycles. The lowest BCUT2D eigenvalue weighted by atomic mass is 10.1. The van der Waals surface area contributed by atoms with Crippen LogP contribution in [0.25, 0.3) is 0 Å². The smallest absolute Gasteiger partial charge is 0.227 e. The zero-order valence-corrected chi connectivity index (χ0v) is 17.5. The molecule has 0 saturated carbocycles. The fourth-order valence-electron chi connectivity index (χ4n) is 3.39.